The van der Waals surface area contributed by atoms with Crippen LogP contribution in [0.3, 0.4) is 0 Å². The molecule has 2 aromatic rings. The van der Waals surface area contributed by atoms with Crippen LogP contribution in [-0.2, 0) is 7.05 Å². The van der Waals surface area contributed by atoms with Crippen molar-refractivity contribution in [2.45, 2.75) is 0 Å². The number of hydrogen-bond acceptors (Lipinski definition) is 5. The Morgan fingerprint density at radius 3 is 2.95 bits per heavy atom. The van der Waals surface area contributed by atoms with Crippen LogP contribution in [0.25, 0.3) is 11.4 Å². The van der Waals surface area contributed by atoms with E-state index in [1.165, 1.54) is 4.57 Å². The molecular weight excluding hydrogens is 278 g/mol. The molecule has 2 rings (SSSR count). The summed E-state index contributed by atoms with van der Waals surface area (Å²) in [5.41, 5.74) is 5.67. The zero-order valence-electron chi connectivity index (χ0n) is 10.7. The third-order valence-electron chi connectivity index (χ3n) is 2.49. The predicted octanol–water partition coefficient (Wildman–Crippen LogP) is 1.05. The number of benzene rings is 1. The Bertz CT molecular complexity index is 719. The van der Waals surface area contributed by atoms with Gasteiger partial charge in [0.1, 0.15) is 5.82 Å². The fourth-order valence-corrected chi connectivity index (χ4v) is 1.76. The highest BCUT2D eigenvalue weighted by atomic mass is 35.5. The van der Waals surface area contributed by atoms with Gasteiger partial charge in [-0.1, -0.05) is 29.7 Å². The number of aromatic nitrogens is 3. The molecule has 7 heteroatoms. The maximum absolute atomic E-state index is 11.8. The van der Waals surface area contributed by atoms with Crippen molar-refractivity contribution < 1.29 is 0 Å². The van der Waals surface area contributed by atoms with Crippen LogP contribution in [0.5, 0.6) is 0 Å². The number of anilines is 1. The van der Waals surface area contributed by atoms with Gasteiger partial charge >= 0.3 is 5.69 Å². The van der Waals surface area contributed by atoms with Gasteiger partial charge in [-0.25, -0.2) is 10.2 Å². The first-order chi connectivity index (χ1) is 9.61. The number of nitrogens with one attached hydrogen (secondary N) is 2. The fourth-order valence-electron chi connectivity index (χ4n) is 1.57. The minimum absolute atomic E-state index is 0.151. The topological polar surface area (TPSA) is 71.8 Å². The standard InChI is InChI=1S/C13H12ClN5O/c1-3-7-15-18-12-16-11(19(2)13(20)17-12)9-5-4-6-10(14)8-9/h1,4-6,8,15H,7H2,2H3,(H,17,18,20). The van der Waals surface area contributed by atoms with Gasteiger partial charge in [0, 0.05) is 17.6 Å². The third kappa shape index (κ3) is 3.15. The van der Waals surface area contributed by atoms with Crippen LogP contribution in [0.4, 0.5) is 5.95 Å². The molecule has 1 aromatic heterocycles. The molecule has 20 heavy (non-hydrogen) atoms. The molecule has 0 saturated heterocycles. The SMILES string of the molecule is C#CCNNc1nc(-c2cccc(Cl)c2)n(C)c(=O)n1. The number of terminal acetylenes is 1. The van der Waals surface area contributed by atoms with E-state index in [1.807, 2.05) is 6.07 Å². The van der Waals surface area contributed by atoms with Gasteiger partial charge in [-0.2, -0.15) is 9.97 Å². The van der Waals surface area contributed by atoms with Crippen molar-refractivity contribution in [2.75, 3.05) is 12.0 Å². The maximum Gasteiger partial charge on any atom is 0.352 e. The molecule has 6 nitrogen and oxygen atoms in total. The van der Waals surface area contributed by atoms with Crippen LogP contribution in [-0.4, -0.2) is 21.1 Å². The van der Waals surface area contributed by atoms with Crippen LogP contribution < -0.4 is 16.5 Å². The third-order valence-corrected chi connectivity index (χ3v) is 2.73. The van der Waals surface area contributed by atoms with Crippen LogP contribution in [0.15, 0.2) is 29.1 Å². The Hall–Kier alpha value is -2.36. The predicted molar refractivity (Wildman–Crippen MR) is 78.2 cm³/mol. The zero-order chi connectivity index (χ0) is 14.5. The normalized spacial score (nSPS) is 10.1. The van der Waals surface area contributed by atoms with E-state index in [9.17, 15) is 4.79 Å². The van der Waals surface area contributed by atoms with Gasteiger partial charge in [0.15, 0.2) is 0 Å². The molecule has 2 N–H and O–H groups in total. The molecule has 0 bridgehead atoms. The second kappa shape index (κ2) is 6.19. The van der Waals surface area contributed by atoms with Crippen molar-refractivity contribution in [2.24, 2.45) is 7.05 Å². The summed E-state index contributed by atoms with van der Waals surface area (Å²) in [4.78, 5) is 19.9. The van der Waals surface area contributed by atoms with Crippen molar-refractivity contribution in [3.8, 4) is 23.7 Å². The average molecular weight is 290 g/mol. The lowest BCUT2D eigenvalue weighted by Crippen LogP contribution is -2.29. The van der Waals surface area contributed by atoms with E-state index in [0.29, 0.717) is 10.8 Å². The molecule has 0 spiro atoms. The quantitative estimate of drug-likeness (QED) is 0.500. The van der Waals surface area contributed by atoms with E-state index in [1.54, 1.807) is 25.2 Å². The minimum Gasteiger partial charge on any atom is -0.289 e. The van der Waals surface area contributed by atoms with Crippen LogP contribution in [0.1, 0.15) is 0 Å². The smallest absolute Gasteiger partial charge is 0.289 e. The monoisotopic (exact) mass is 289 g/mol. The van der Waals surface area contributed by atoms with Gasteiger partial charge in [-0.05, 0) is 12.1 Å². The average Bonchev–Trinajstić information content (AvgIpc) is 2.43. The molecule has 1 aromatic carbocycles. The lowest BCUT2D eigenvalue weighted by molar-refractivity contribution is 0.770. The first-order valence-electron chi connectivity index (χ1n) is 5.75. The summed E-state index contributed by atoms with van der Waals surface area (Å²) < 4.78 is 1.35. The van der Waals surface area contributed by atoms with Crippen LogP contribution in [0.2, 0.25) is 5.02 Å². The summed E-state index contributed by atoms with van der Waals surface area (Å²) in [5, 5.41) is 0.563. The highest BCUT2D eigenvalue weighted by Crippen LogP contribution is 2.19. The Kier molecular flexibility index (Phi) is 4.35. The van der Waals surface area contributed by atoms with E-state index in [4.69, 9.17) is 18.0 Å². The Labute approximate surface area is 120 Å². The van der Waals surface area contributed by atoms with E-state index in [2.05, 4.69) is 26.7 Å². The molecular formula is C13H12ClN5O. The number of halogens is 1. The second-order valence-corrected chi connectivity index (χ2v) is 4.34. The van der Waals surface area contributed by atoms with Crippen LogP contribution in [0, 0.1) is 12.3 Å². The Morgan fingerprint density at radius 2 is 2.25 bits per heavy atom. The molecule has 0 saturated carbocycles. The molecule has 0 aliphatic heterocycles. The summed E-state index contributed by atoms with van der Waals surface area (Å²) in [5.74, 6) is 3.00. The summed E-state index contributed by atoms with van der Waals surface area (Å²) in [6.45, 7) is 0.283. The Balaban J connectivity index is 2.42. The first-order valence-corrected chi connectivity index (χ1v) is 6.13. The van der Waals surface area contributed by atoms with Gasteiger partial charge in [-0.15, -0.1) is 6.42 Å². The first kappa shape index (κ1) is 14.1. The number of rotatable bonds is 4. The van der Waals surface area contributed by atoms with E-state index < -0.39 is 5.69 Å². The summed E-state index contributed by atoms with van der Waals surface area (Å²) in [6, 6.07) is 7.07. The van der Waals surface area contributed by atoms with Gasteiger partial charge in [0.2, 0.25) is 5.95 Å². The largest absolute Gasteiger partial charge is 0.352 e. The van der Waals surface area contributed by atoms with E-state index in [-0.39, 0.29) is 12.5 Å². The molecule has 0 amide bonds. The van der Waals surface area contributed by atoms with Crippen molar-refractivity contribution in [1.82, 2.24) is 20.0 Å². The van der Waals surface area contributed by atoms with Crippen LogP contribution >= 0.6 is 11.6 Å². The van der Waals surface area contributed by atoms with E-state index in [0.717, 1.165) is 5.56 Å². The van der Waals surface area contributed by atoms with Crippen molar-refractivity contribution in [3.05, 3.63) is 39.8 Å². The highest BCUT2D eigenvalue weighted by molar-refractivity contribution is 6.30. The minimum atomic E-state index is -0.431. The van der Waals surface area contributed by atoms with Gasteiger partial charge in [0.25, 0.3) is 0 Å². The highest BCUT2D eigenvalue weighted by Gasteiger charge is 2.09. The lowest BCUT2D eigenvalue weighted by Gasteiger charge is -2.10. The second-order valence-electron chi connectivity index (χ2n) is 3.91. The number of hydrazine groups is 1. The van der Waals surface area contributed by atoms with Gasteiger partial charge in [0.05, 0.1) is 6.54 Å². The molecule has 0 radical (unpaired) electrons. The molecule has 0 fully saturated rings. The van der Waals surface area contributed by atoms with Crippen molar-refractivity contribution in [1.29, 1.82) is 0 Å². The van der Waals surface area contributed by atoms with Gasteiger partial charge < -0.3 is 0 Å². The molecule has 0 aliphatic carbocycles. The summed E-state index contributed by atoms with van der Waals surface area (Å²) in [6.07, 6.45) is 5.11. The Morgan fingerprint density at radius 1 is 1.45 bits per heavy atom. The maximum atomic E-state index is 11.8. The van der Waals surface area contributed by atoms with E-state index >= 15 is 0 Å². The molecule has 102 valence electrons. The number of nitrogens with zero attached hydrogens (tertiary/aromatic N) is 3. The molecule has 0 atom stereocenters. The van der Waals surface area contributed by atoms with Gasteiger partial charge in [-0.3, -0.25) is 9.99 Å². The molecule has 0 aliphatic rings. The summed E-state index contributed by atoms with van der Waals surface area (Å²) >= 11 is 5.95. The lowest BCUT2D eigenvalue weighted by atomic mass is 10.2. The fraction of sp³-hybridized carbons (Fsp3) is 0.154. The molecule has 1 heterocycles. The molecule has 0 unspecified atom stereocenters. The number of hydrogen-bond donors (Lipinski definition) is 2. The summed E-state index contributed by atoms with van der Waals surface area (Å²) in [7, 11) is 1.59. The zero-order valence-corrected chi connectivity index (χ0v) is 11.5. The van der Waals surface area contributed by atoms with Crippen molar-refractivity contribution >= 4 is 17.5 Å². The van der Waals surface area contributed by atoms with Crippen molar-refractivity contribution in [3.63, 3.8) is 0 Å².